The van der Waals surface area contributed by atoms with E-state index in [1.165, 1.54) is 6.07 Å². The van der Waals surface area contributed by atoms with E-state index in [2.05, 4.69) is 0 Å². The average molecular weight is 309 g/mol. The largest absolute Gasteiger partial charge is 0.393 e. The van der Waals surface area contributed by atoms with E-state index in [0.29, 0.717) is 25.1 Å². The zero-order chi connectivity index (χ0) is 15.9. The molecule has 0 radical (unpaired) electrons. The fourth-order valence-electron chi connectivity index (χ4n) is 3.45. The van der Waals surface area contributed by atoms with Crippen LogP contribution in [0.1, 0.15) is 37.7 Å². The topological polar surface area (TPSA) is 40.5 Å². The van der Waals surface area contributed by atoms with E-state index in [0.717, 1.165) is 25.0 Å². The van der Waals surface area contributed by atoms with Crippen LogP contribution in [0.5, 0.6) is 0 Å². The van der Waals surface area contributed by atoms with Crippen LogP contribution in [0.2, 0.25) is 0 Å². The van der Waals surface area contributed by atoms with Gasteiger partial charge in [-0.05, 0) is 55.9 Å². The second kappa shape index (κ2) is 5.95. The lowest BCUT2D eigenvalue weighted by Crippen LogP contribution is -2.43. The molecule has 4 atom stereocenters. The van der Waals surface area contributed by atoms with Crippen LogP contribution in [0.15, 0.2) is 18.2 Å². The van der Waals surface area contributed by atoms with E-state index >= 15 is 0 Å². The van der Waals surface area contributed by atoms with Crippen LogP contribution in [0.4, 0.5) is 8.78 Å². The van der Waals surface area contributed by atoms with Crippen molar-refractivity contribution in [3.8, 4) is 0 Å². The molecule has 4 unspecified atom stereocenters. The van der Waals surface area contributed by atoms with Crippen molar-refractivity contribution in [2.45, 2.75) is 38.2 Å². The van der Waals surface area contributed by atoms with Crippen molar-refractivity contribution in [2.75, 3.05) is 13.1 Å². The fraction of sp³-hybridized carbons (Fsp3) is 0.588. The van der Waals surface area contributed by atoms with Gasteiger partial charge in [-0.25, -0.2) is 8.78 Å². The lowest BCUT2D eigenvalue weighted by Gasteiger charge is -2.34. The molecule has 0 spiro atoms. The van der Waals surface area contributed by atoms with Gasteiger partial charge in [0.2, 0.25) is 5.91 Å². The van der Waals surface area contributed by atoms with Gasteiger partial charge < -0.3 is 10.0 Å². The maximum absolute atomic E-state index is 13.8. The molecule has 0 bridgehead atoms. The Labute approximate surface area is 128 Å². The summed E-state index contributed by atoms with van der Waals surface area (Å²) in [6.07, 6.45) is 1.96. The molecule has 1 aromatic carbocycles. The van der Waals surface area contributed by atoms with Crippen LogP contribution in [0.25, 0.3) is 0 Å². The Morgan fingerprint density at radius 1 is 1.41 bits per heavy atom. The predicted octanol–water partition coefficient (Wildman–Crippen LogP) is 2.69. The smallest absolute Gasteiger partial charge is 0.226 e. The molecule has 1 saturated heterocycles. The van der Waals surface area contributed by atoms with Crippen LogP contribution >= 0.6 is 0 Å². The number of aliphatic hydroxyl groups is 1. The van der Waals surface area contributed by atoms with E-state index in [4.69, 9.17) is 0 Å². The first kappa shape index (κ1) is 15.4. The molecule has 3 nitrogen and oxygen atoms in total. The third-order valence-electron chi connectivity index (χ3n) is 4.92. The molecule has 1 amide bonds. The van der Waals surface area contributed by atoms with Crippen molar-refractivity contribution in [2.24, 2.45) is 11.8 Å². The number of hydrogen-bond donors (Lipinski definition) is 1. The van der Waals surface area contributed by atoms with Gasteiger partial charge in [-0.2, -0.15) is 0 Å². The van der Waals surface area contributed by atoms with Crippen LogP contribution < -0.4 is 0 Å². The Bertz CT molecular complexity index is 576. The minimum Gasteiger partial charge on any atom is -0.393 e. The number of benzene rings is 1. The number of carbonyl (C=O) groups excluding carboxylic acids is 1. The number of hydrogen-bond acceptors (Lipinski definition) is 2. The molecule has 1 N–H and O–H groups in total. The Balaban J connectivity index is 1.66. The van der Waals surface area contributed by atoms with Crippen molar-refractivity contribution in [3.63, 3.8) is 0 Å². The van der Waals surface area contributed by atoms with Gasteiger partial charge in [0.25, 0.3) is 0 Å². The molecule has 2 aliphatic rings. The second-order valence-corrected chi connectivity index (χ2v) is 6.54. The standard InChI is InChI=1S/C17H21F2NO2/c1-10(21)11-3-2-6-20(9-11)17(22)15-8-13(15)14-7-12(18)4-5-16(14)19/h4-5,7,10-11,13,15,21H,2-3,6,8-9H2,1H3. The maximum atomic E-state index is 13.8. The summed E-state index contributed by atoms with van der Waals surface area (Å²) in [6.45, 7) is 3.00. The van der Waals surface area contributed by atoms with Gasteiger partial charge in [0, 0.05) is 24.9 Å². The van der Waals surface area contributed by atoms with E-state index < -0.39 is 17.7 Å². The summed E-state index contributed by atoms with van der Waals surface area (Å²) >= 11 is 0. The highest BCUT2D eigenvalue weighted by molar-refractivity contribution is 5.83. The van der Waals surface area contributed by atoms with Crippen LogP contribution in [-0.4, -0.2) is 35.1 Å². The molecule has 2 fully saturated rings. The Hall–Kier alpha value is -1.49. The van der Waals surface area contributed by atoms with Crippen molar-refractivity contribution >= 4 is 5.91 Å². The molecular formula is C17H21F2NO2. The van der Waals surface area contributed by atoms with Crippen molar-refractivity contribution in [3.05, 3.63) is 35.4 Å². The number of piperidine rings is 1. The van der Waals surface area contributed by atoms with Gasteiger partial charge >= 0.3 is 0 Å². The number of nitrogens with zero attached hydrogens (tertiary/aromatic N) is 1. The first-order valence-corrected chi connectivity index (χ1v) is 7.89. The molecule has 0 aromatic heterocycles. The van der Waals surface area contributed by atoms with Gasteiger partial charge in [-0.3, -0.25) is 4.79 Å². The Morgan fingerprint density at radius 2 is 2.18 bits per heavy atom. The van der Waals surface area contributed by atoms with E-state index in [1.54, 1.807) is 11.8 Å². The quantitative estimate of drug-likeness (QED) is 0.932. The maximum Gasteiger partial charge on any atom is 0.226 e. The predicted molar refractivity (Wildman–Crippen MR) is 78.2 cm³/mol. The molecular weight excluding hydrogens is 288 g/mol. The molecule has 22 heavy (non-hydrogen) atoms. The van der Waals surface area contributed by atoms with Crippen molar-refractivity contribution < 1.29 is 18.7 Å². The third kappa shape index (κ3) is 3.00. The van der Waals surface area contributed by atoms with Gasteiger partial charge in [0.1, 0.15) is 11.6 Å². The lowest BCUT2D eigenvalue weighted by atomic mass is 9.93. The molecule has 120 valence electrons. The highest BCUT2D eigenvalue weighted by Gasteiger charge is 2.47. The summed E-state index contributed by atoms with van der Waals surface area (Å²) in [5, 5.41) is 9.70. The van der Waals surface area contributed by atoms with E-state index in [9.17, 15) is 18.7 Å². The fourth-order valence-corrected chi connectivity index (χ4v) is 3.45. The third-order valence-corrected chi connectivity index (χ3v) is 4.92. The zero-order valence-corrected chi connectivity index (χ0v) is 12.6. The van der Waals surface area contributed by atoms with E-state index in [-0.39, 0.29) is 23.7 Å². The first-order valence-electron chi connectivity index (χ1n) is 7.89. The number of likely N-dealkylation sites (tertiary alicyclic amines) is 1. The molecule has 3 rings (SSSR count). The average Bonchev–Trinajstić information content (AvgIpc) is 3.29. The van der Waals surface area contributed by atoms with Gasteiger partial charge in [-0.1, -0.05) is 0 Å². The Kier molecular flexibility index (Phi) is 4.17. The summed E-state index contributed by atoms with van der Waals surface area (Å²) in [4.78, 5) is 14.3. The summed E-state index contributed by atoms with van der Waals surface area (Å²) in [6, 6.07) is 3.41. The number of halogens is 2. The Morgan fingerprint density at radius 3 is 2.91 bits per heavy atom. The summed E-state index contributed by atoms with van der Waals surface area (Å²) in [5.41, 5.74) is 0.308. The monoisotopic (exact) mass is 309 g/mol. The minimum absolute atomic E-state index is 0.0130. The normalized spacial score (nSPS) is 29.3. The minimum atomic E-state index is -0.471. The van der Waals surface area contributed by atoms with Crippen LogP contribution in [0.3, 0.4) is 0 Å². The van der Waals surface area contributed by atoms with Crippen LogP contribution in [-0.2, 0) is 4.79 Å². The molecule has 1 aromatic rings. The molecule has 1 aliphatic carbocycles. The second-order valence-electron chi connectivity index (χ2n) is 6.54. The highest BCUT2D eigenvalue weighted by atomic mass is 19.1. The number of amides is 1. The summed E-state index contributed by atoms with van der Waals surface area (Å²) in [5.74, 6) is -1.25. The van der Waals surface area contributed by atoms with Gasteiger partial charge in [-0.15, -0.1) is 0 Å². The SMILES string of the molecule is CC(O)C1CCCN(C(=O)C2CC2c2cc(F)ccc2F)C1. The number of carbonyl (C=O) groups is 1. The summed E-state index contributed by atoms with van der Waals surface area (Å²) < 4.78 is 27.1. The van der Waals surface area contributed by atoms with Crippen molar-refractivity contribution in [1.29, 1.82) is 0 Å². The zero-order valence-electron chi connectivity index (χ0n) is 12.6. The number of rotatable bonds is 3. The van der Waals surface area contributed by atoms with Gasteiger partial charge in [0.05, 0.1) is 6.10 Å². The lowest BCUT2D eigenvalue weighted by molar-refractivity contribution is -0.135. The molecule has 1 aliphatic heterocycles. The van der Waals surface area contributed by atoms with E-state index in [1.807, 2.05) is 0 Å². The first-order chi connectivity index (χ1) is 10.5. The molecule has 1 heterocycles. The van der Waals surface area contributed by atoms with Gasteiger partial charge in [0.15, 0.2) is 0 Å². The number of aliphatic hydroxyl groups excluding tert-OH is 1. The summed E-state index contributed by atoms with van der Waals surface area (Å²) in [7, 11) is 0. The molecule has 5 heteroatoms. The van der Waals surface area contributed by atoms with Crippen molar-refractivity contribution in [1.82, 2.24) is 4.90 Å². The van der Waals surface area contributed by atoms with Crippen LogP contribution in [0, 0.1) is 23.5 Å². The highest BCUT2D eigenvalue weighted by Crippen LogP contribution is 2.49. The molecule has 1 saturated carbocycles.